The maximum Gasteiger partial charge on any atom is 1.00 e. The fourth-order valence-electron chi connectivity index (χ4n) is 1.59. The molecule has 4 heteroatoms. The summed E-state index contributed by atoms with van der Waals surface area (Å²) in [5.74, 6) is 0. The van der Waals surface area contributed by atoms with Crippen molar-refractivity contribution < 1.29 is 69.3 Å². The Morgan fingerprint density at radius 2 is 0.833 bits per heavy atom. The summed E-state index contributed by atoms with van der Waals surface area (Å²) in [4.78, 5) is 0. The Bertz CT molecular complexity index is 407. The molecule has 0 aromatic heterocycles. The van der Waals surface area contributed by atoms with Gasteiger partial charge in [0, 0.05) is 0 Å². The predicted molar refractivity (Wildman–Crippen MR) is 59.3 cm³/mol. The van der Waals surface area contributed by atoms with Crippen LogP contribution in [0.1, 0.15) is 11.1 Å². The van der Waals surface area contributed by atoms with Crippen LogP contribution in [0.2, 0.25) is 0 Å². The summed E-state index contributed by atoms with van der Waals surface area (Å²) in [6, 6.07) is 15.1. The Labute approximate surface area is 152 Å². The molecular weight excluding hydrogens is 246 g/mol. The first-order valence-corrected chi connectivity index (χ1v) is 5.18. The van der Waals surface area contributed by atoms with E-state index < -0.39 is 0 Å². The fraction of sp³-hybridized carbons (Fsp3) is 0.143. The van der Waals surface area contributed by atoms with Crippen LogP contribution in [-0.4, -0.2) is 0 Å². The molecule has 0 saturated carbocycles. The van der Waals surface area contributed by atoms with Gasteiger partial charge in [0.2, 0.25) is 0 Å². The van der Waals surface area contributed by atoms with Crippen LogP contribution in [0.25, 0.3) is 11.1 Å². The molecule has 0 aliphatic rings. The van der Waals surface area contributed by atoms with Crippen LogP contribution in [0, 0.1) is 0 Å². The van der Waals surface area contributed by atoms with Gasteiger partial charge in [-0.05, 0) is 11.1 Å². The molecule has 2 aromatic rings. The van der Waals surface area contributed by atoms with Crippen LogP contribution < -0.4 is 69.3 Å². The molecule has 0 saturated heterocycles. The topological polar surface area (TPSA) is 46.1 Å². The summed E-state index contributed by atoms with van der Waals surface area (Å²) in [6.07, 6.45) is 0. The summed E-state index contributed by atoms with van der Waals surface area (Å²) in [7, 11) is 0. The van der Waals surface area contributed by atoms with Crippen LogP contribution in [0.5, 0.6) is 0 Å². The minimum atomic E-state index is -0.185. The van der Waals surface area contributed by atoms with E-state index in [1.807, 2.05) is 48.5 Å². The standard InChI is InChI=1S/C14H12O2.2Na/c15-9-11-1-5-13(6-2-11)14-7-3-12(10-16)4-8-14;;/h1-8H,9-10H2;;/q-2;2*+1. The van der Waals surface area contributed by atoms with Gasteiger partial charge in [-0.15, -0.1) is 13.2 Å². The van der Waals surface area contributed by atoms with Gasteiger partial charge in [0.15, 0.2) is 0 Å². The molecule has 0 bridgehead atoms. The molecule has 0 aliphatic carbocycles. The first-order valence-electron chi connectivity index (χ1n) is 5.18. The monoisotopic (exact) mass is 258 g/mol. The van der Waals surface area contributed by atoms with Crippen molar-refractivity contribution in [1.82, 2.24) is 0 Å². The SMILES string of the molecule is [Na+].[Na+].[O-]Cc1ccc(-c2ccc(C[O-])cc2)cc1. The fourth-order valence-corrected chi connectivity index (χ4v) is 1.59. The zero-order valence-corrected chi connectivity index (χ0v) is 14.8. The third-order valence-corrected chi connectivity index (χ3v) is 2.57. The largest absolute Gasteiger partial charge is 1.00 e. The molecule has 0 unspecified atom stereocenters. The second-order valence-electron chi connectivity index (χ2n) is 3.68. The molecule has 0 fully saturated rings. The maximum absolute atomic E-state index is 10.6. The molecule has 0 atom stereocenters. The summed E-state index contributed by atoms with van der Waals surface area (Å²) >= 11 is 0. The smallest absolute Gasteiger partial charge is 0.851 e. The van der Waals surface area contributed by atoms with Gasteiger partial charge in [0.05, 0.1) is 0 Å². The molecule has 0 amide bonds. The van der Waals surface area contributed by atoms with Crippen molar-refractivity contribution in [2.75, 3.05) is 0 Å². The predicted octanol–water partition coefficient (Wildman–Crippen LogP) is -4.92. The molecule has 0 spiro atoms. The Morgan fingerprint density at radius 1 is 0.556 bits per heavy atom. The van der Waals surface area contributed by atoms with Crippen molar-refractivity contribution in [3.8, 4) is 11.1 Å². The number of benzene rings is 2. The van der Waals surface area contributed by atoms with E-state index in [0.29, 0.717) is 0 Å². The quantitative estimate of drug-likeness (QED) is 0.518. The Hall–Kier alpha value is 0.360. The zero-order valence-electron chi connectivity index (χ0n) is 10.8. The second kappa shape index (κ2) is 9.29. The summed E-state index contributed by atoms with van der Waals surface area (Å²) < 4.78 is 0. The van der Waals surface area contributed by atoms with Gasteiger partial charge in [-0.3, -0.25) is 0 Å². The van der Waals surface area contributed by atoms with E-state index in [9.17, 15) is 10.2 Å². The molecule has 2 aromatic carbocycles. The van der Waals surface area contributed by atoms with Gasteiger partial charge < -0.3 is 10.2 Å². The van der Waals surface area contributed by atoms with E-state index in [-0.39, 0.29) is 72.3 Å². The average Bonchev–Trinajstić information content (AvgIpc) is 2.39. The second-order valence-corrected chi connectivity index (χ2v) is 3.68. The molecule has 2 rings (SSSR count). The molecular formula is C14H12Na2O2. The first-order chi connectivity index (χ1) is 7.83. The summed E-state index contributed by atoms with van der Waals surface area (Å²) in [6.45, 7) is -0.370. The van der Waals surface area contributed by atoms with Gasteiger partial charge in [-0.1, -0.05) is 59.7 Å². The Morgan fingerprint density at radius 3 is 1.06 bits per heavy atom. The third kappa shape index (κ3) is 4.80. The number of hydrogen-bond donors (Lipinski definition) is 0. The molecule has 0 N–H and O–H groups in total. The van der Waals surface area contributed by atoms with Crippen molar-refractivity contribution in [3.05, 3.63) is 59.7 Å². The Kier molecular flexibility index (Phi) is 9.48. The Balaban J connectivity index is 0.00000144. The summed E-state index contributed by atoms with van der Waals surface area (Å²) in [5, 5.41) is 21.3. The van der Waals surface area contributed by atoms with E-state index in [0.717, 1.165) is 22.3 Å². The van der Waals surface area contributed by atoms with Gasteiger partial charge in [-0.2, -0.15) is 0 Å². The van der Waals surface area contributed by atoms with E-state index in [4.69, 9.17) is 0 Å². The molecule has 82 valence electrons. The van der Waals surface area contributed by atoms with Crippen molar-refractivity contribution in [1.29, 1.82) is 0 Å². The first kappa shape index (κ1) is 18.4. The van der Waals surface area contributed by atoms with E-state index in [1.54, 1.807) is 0 Å². The summed E-state index contributed by atoms with van der Waals surface area (Å²) in [5.41, 5.74) is 3.71. The van der Waals surface area contributed by atoms with Crippen molar-refractivity contribution >= 4 is 0 Å². The maximum atomic E-state index is 10.6. The van der Waals surface area contributed by atoms with Crippen LogP contribution in [0.3, 0.4) is 0 Å². The molecule has 0 heterocycles. The molecule has 2 nitrogen and oxygen atoms in total. The normalized spacial score (nSPS) is 9.22. The van der Waals surface area contributed by atoms with Crippen LogP contribution in [0.15, 0.2) is 48.5 Å². The van der Waals surface area contributed by atoms with Crippen molar-refractivity contribution in [2.24, 2.45) is 0 Å². The average molecular weight is 258 g/mol. The van der Waals surface area contributed by atoms with Gasteiger partial charge in [-0.25, -0.2) is 0 Å². The molecule has 0 aliphatic heterocycles. The van der Waals surface area contributed by atoms with Crippen molar-refractivity contribution in [3.63, 3.8) is 0 Å². The van der Waals surface area contributed by atoms with Crippen molar-refractivity contribution in [2.45, 2.75) is 13.2 Å². The minimum Gasteiger partial charge on any atom is -0.851 e. The minimum absolute atomic E-state index is 0. The number of hydrogen-bond acceptors (Lipinski definition) is 2. The molecule has 18 heavy (non-hydrogen) atoms. The van der Waals surface area contributed by atoms with Gasteiger partial charge in [0.1, 0.15) is 0 Å². The molecule has 0 radical (unpaired) electrons. The van der Waals surface area contributed by atoms with E-state index in [1.165, 1.54) is 0 Å². The zero-order chi connectivity index (χ0) is 11.4. The van der Waals surface area contributed by atoms with E-state index >= 15 is 0 Å². The van der Waals surface area contributed by atoms with Crippen LogP contribution in [-0.2, 0) is 13.2 Å². The van der Waals surface area contributed by atoms with Gasteiger partial charge in [0.25, 0.3) is 0 Å². The third-order valence-electron chi connectivity index (χ3n) is 2.57. The van der Waals surface area contributed by atoms with Gasteiger partial charge >= 0.3 is 59.1 Å². The van der Waals surface area contributed by atoms with Crippen LogP contribution >= 0.6 is 0 Å². The van der Waals surface area contributed by atoms with E-state index in [2.05, 4.69) is 0 Å². The number of rotatable bonds is 3. The van der Waals surface area contributed by atoms with Crippen LogP contribution in [0.4, 0.5) is 0 Å².